The van der Waals surface area contributed by atoms with Crippen molar-refractivity contribution >= 4 is 6.72 Å². The lowest BCUT2D eigenvalue weighted by Gasteiger charge is -2.02. The summed E-state index contributed by atoms with van der Waals surface area (Å²) in [6, 6.07) is 0. The van der Waals surface area contributed by atoms with Crippen LogP contribution in [0.1, 0.15) is 0 Å². The smallest absolute Gasteiger partial charge is 0.140 e. The molecule has 0 spiro atoms. The van der Waals surface area contributed by atoms with Gasteiger partial charge in [-0.15, -0.1) is 0 Å². The Hall–Kier alpha value is -1.09. The van der Waals surface area contributed by atoms with Crippen LogP contribution in [0.15, 0.2) is 29.1 Å². The van der Waals surface area contributed by atoms with Gasteiger partial charge in [0.05, 0.1) is 12.8 Å². The molecule has 0 aromatic rings. The highest BCUT2D eigenvalue weighted by molar-refractivity contribution is 5.32. The molecule has 0 saturated carbocycles. The highest BCUT2D eigenvalue weighted by atomic mass is 16.5. The van der Waals surface area contributed by atoms with Gasteiger partial charge in [-0.3, -0.25) is 4.99 Å². The van der Waals surface area contributed by atoms with Crippen molar-refractivity contribution in [3.63, 3.8) is 0 Å². The Morgan fingerprint density at radius 1 is 1.80 bits per heavy atom. The molecule has 0 rings (SSSR count). The number of hydrogen-bond donors (Lipinski definition) is 1. The Bertz CT molecular complexity index is 143. The van der Waals surface area contributed by atoms with Crippen LogP contribution in [0.25, 0.3) is 0 Å². The maximum atomic E-state index is 5.32. The minimum absolute atomic E-state index is 0.318. The first-order chi connectivity index (χ1) is 4.79. The quantitative estimate of drug-likeness (QED) is 0.355. The Labute approximate surface area is 60.9 Å². The van der Waals surface area contributed by atoms with Gasteiger partial charge < -0.3 is 10.5 Å². The fraction of sp³-hybridized carbons (Fsp3) is 0.286. The van der Waals surface area contributed by atoms with Crippen LogP contribution >= 0.6 is 0 Å². The first kappa shape index (κ1) is 8.91. The highest BCUT2D eigenvalue weighted by Crippen LogP contribution is 2.04. The molecule has 2 N–H and O–H groups in total. The lowest BCUT2D eigenvalue weighted by atomic mass is 10.3. The van der Waals surface area contributed by atoms with Crippen molar-refractivity contribution < 1.29 is 4.74 Å². The number of hydrogen-bond acceptors (Lipinski definition) is 3. The van der Waals surface area contributed by atoms with Crippen molar-refractivity contribution in [3.8, 4) is 0 Å². The number of aliphatic imine (C=N–C) groups is 1. The van der Waals surface area contributed by atoms with E-state index in [-0.39, 0.29) is 0 Å². The summed E-state index contributed by atoms with van der Waals surface area (Å²) in [4.78, 5) is 3.66. The van der Waals surface area contributed by atoms with Crippen molar-refractivity contribution in [2.24, 2.45) is 10.7 Å². The molecular weight excluding hydrogens is 128 g/mol. The number of nitrogens with zero attached hydrogens (tertiary/aromatic N) is 1. The Morgan fingerprint density at radius 3 is 2.50 bits per heavy atom. The largest absolute Gasteiger partial charge is 0.495 e. The van der Waals surface area contributed by atoms with Crippen molar-refractivity contribution in [1.82, 2.24) is 0 Å². The molecule has 0 saturated heterocycles. The fourth-order valence-corrected chi connectivity index (χ4v) is 0.562. The average Bonchev–Trinajstić information content (AvgIpc) is 2.00. The van der Waals surface area contributed by atoms with Crippen LogP contribution in [0.3, 0.4) is 0 Å². The van der Waals surface area contributed by atoms with E-state index in [1.165, 1.54) is 7.11 Å². The zero-order valence-corrected chi connectivity index (χ0v) is 6.13. The van der Waals surface area contributed by atoms with E-state index in [0.717, 1.165) is 0 Å². The Morgan fingerprint density at radius 2 is 2.40 bits per heavy atom. The zero-order chi connectivity index (χ0) is 7.98. The maximum Gasteiger partial charge on any atom is 0.140 e. The van der Waals surface area contributed by atoms with E-state index >= 15 is 0 Å². The van der Waals surface area contributed by atoms with Crippen molar-refractivity contribution in [2.75, 3.05) is 13.7 Å². The van der Waals surface area contributed by atoms with Crippen LogP contribution in [0.4, 0.5) is 0 Å². The van der Waals surface area contributed by atoms with E-state index in [0.29, 0.717) is 18.0 Å². The molecule has 0 aromatic carbocycles. The van der Waals surface area contributed by atoms with Crippen LogP contribution in [0, 0.1) is 0 Å². The molecule has 0 radical (unpaired) electrons. The zero-order valence-electron chi connectivity index (χ0n) is 6.13. The van der Waals surface area contributed by atoms with Crippen LogP contribution in [-0.2, 0) is 4.74 Å². The van der Waals surface area contributed by atoms with Crippen molar-refractivity contribution in [2.45, 2.75) is 0 Å². The molecule has 0 amide bonds. The van der Waals surface area contributed by atoms with E-state index < -0.39 is 0 Å². The van der Waals surface area contributed by atoms with Crippen LogP contribution in [0.5, 0.6) is 0 Å². The number of methoxy groups -OCH3 is 1. The summed E-state index contributed by atoms with van der Waals surface area (Å²) in [5.74, 6) is 0.581. The van der Waals surface area contributed by atoms with E-state index in [4.69, 9.17) is 10.5 Å². The number of rotatable bonds is 4. The van der Waals surface area contributed by atoms with Gasteiger partial charge in [-0.25, -0.2) is 0 Å². The summed E-state index contributed by atoms with van der Waals surface area (Å²) in [5, 5.41) is 0. The van der Waals surface area contributed by atoms with Crippen LogP contribution < -0.4 is 5.73 Å². The molecule has 0 bridgehead atoms. The second-order valence-electron chi connectivity index (χ2n) is 1.58. The molecule has 0 aromatic heterocycles. The summed E-state index contributed by atoms with van der Waals surface area (Å²) in [6.07, 6.45) is 1.55. The number of nitrogens with two attached hydrogens (primary N) is 1. The topological polar surface area (TPSA) is 47.6 Å². The van der Waals surface area contributed by atoms with Crippen molar-refractivity contribution in [1.29, 1.82) is 0 Å². The first-order valence-electron chi connectivity index (χ1n) is 2.86. The molecule has 10 heavy (non-hydrogen) atoms. The summed E-state index contributed by atoms with van der Waals surface area (Å²) in [5.41, 5.74) is 5.94. The number of allylic oxidation sites excluding steroid dienone is 1. The molecule has 0 aliphatic heterocycles. The minimum atomic E-state index is 0.318. The van der Waals surface area contributed by atoms with Gasteiger partial charge in [0.25, 0.3) is 0 Å². The van der Waals surface area contributed by atoms with Gasteiger partial charge in [-0.1, -0.05) is 6.58 Å². The minimum Gasteiger partial charge on any atom is -0.495 e. The van der Waals surface area contributed by atoms with E-state index in [1.54, 1.807) is 6.08 Å². The van der Waals surface area contributed by atoms with Crippen molar-refractivity contribution in [3.05, 3.63) is 24.1 Å². The molecule has 0 unspecified atom stereocenters. The summed E-state index contributed by atoms with van der Waals surface area (Å²) >= 11 is 0. The lowest BCUT2D eigenvalue weighted by molar-refractivity contribution is 0.301. The average molecular weight is 140 g/mol. The predicted octanol–water partition coefficient (Wildman–Crippen LogP) is 0.690. The van der Waals surface area contributed by atoms with Gasteiger partial charge in [0, 0.05) is 6.54 Å². The third kappa shape index (κ3) is 2.03. The van der Waals surface area contributed by atoms with Crippen LogP contribution in [-0.4, -0.2) is 20.4 Å². The van der Waals surface area contributed by atoms with Gasteiger partial charge in [-0.05, 0) is 12.8 Å². The SMILES string of the molecule is C=C/C(OC)=C(/CN)N=C. The van der Waals surface area contributed by atoms with Gasteiger partial charge in [0.2, 0.25) is 0 Å². The van der Waals surface area contributed by atoms with Gasteiger partial charge in [0.15, 0.2) is 0 Å². The third-order valence-corrected chi connectivity index (χ3v) is 1.07. The summed E-state index contributed by atoms with van der Waals surface area (Å²) < 4.78 is 4.89. The van der Waals surface area contributed by atoms with E-state index in [9.17, 15) is 0 Å². The standard InChI is InChI=1S/C7H12N2O/c1-4-7(10-3)6(5-8)9-2/h4H,1-2,5,8H2,3H3/b7-6+. The maximum absolute atomic E-state index is 5.32. The molecule has 0 aliphatic rings. The summed E-state index contributed by atoms with van der Waals surface area (Å²) in [6.45, 7) is 7.17. The lowest BCUT2D eigenvalue weighted by Crippen LogP contribution is -2.04. The first-order valence-corrected chi connectivity index (χ1v) is 2.86. The molecular formula is C7H12N2O. The monoisotopic (exact) mass is 140 g/mol. The van der Waals surface area contributed by atoms with E-state index in [1.807, 2.05) is 0 Å². The Balaban J connectivity index is 4.50. The van der Waals surface area contributed by atoms with E-state index in [2.05, 4.69) is 18.3 Å². The van der Waals surface area contributed by atoms with Gasteiger partial charge in [-0.2, -0.15) is 0 Å². The molecule has 3 nitrogen and oxygen atoms in total. The Kier molecular flexibility index (Phi) is 4.24. The second kappa shape index (κ2) is 4.76. The highest BCUT2D eigenvalue weighted by Gasteiger charge is 1.97. The molecule has 0 heterocycles. The second-order valence-corrected chi connectivity index (χ2v) is 1.58. The molecule has 0 aliphatic carbocycles. The molecule has 56 valence electrons. The van der Waals surface area contributed by atoms with Crippen LogP contribution in [0.2, 0.25) is 0 Å². The van der Waals surface area contributed by atoms with Gasteiger partial charge in [0.1, 0.15) is 5.76 Å². The fourth-order valence-electron chi connectivity index (χ4n) is 0.562. The number of ether oxygens (including phenoxy) is 1. The molecule has 0 fully saturated rings. The predicted molar refractivity (Wildman–Crippen MR) is 42.8 cm³/mol. The normalized spacial score (nSPS) is 11.8. The third-order valence-electron chi connectivity index (χ3n) is 1.07. The molecule has 3 heteroatoms. The summed E-state index contributed by atoms with van der Waals surface area (Å²) in [7, 11) is 1.54. The molecule has 0 atom stereocenters. The van der Waals surface area contributed by atoms with Gasteiger partial charge >= 0.3 is 0 Å².